The number of Topliss-reactive ketones (excluding diaryl/α,β-unsaturated/α-hetero) is 1. The minimum atomic E-state index is -0.314. The first-order valence-corrected chi connectivity index (χ1v) is 9.08. The Kier molecular flexibility index (Phi) is 4.02. The number of halogens is 1. The molecular formula is C22H23FO3. The van der Waals surface area contributed by atoms with Gasteiger partial charge in [-0.1, -0.05) is 12.1 Å². The molecule has 1 fully saturated rings. The van der Waals surface area contributed by atoms with E-state index >= 15 is 0 Å². The maximum Gasteiger partial charge on any atom is 0.133 e. The lowest BCUT2D eigenvalue weighted by Crippen LogP contribution is -2.24. The zero-order valence-corrected chi connectivity index (χ0v) is 15.3. The van der Waals surface area contributed by atoms with Gasteiger partial charge in [0.2, 0.25) is 0 Å². The number of fused-ring (bicyclic) bond motifs is 1. The summed E-state index contributed by atoms with van der Waals surface area (Å²) < 4.78 is 26.2. The van der Waals surface area contributed by atoms with E-state index in [0.29, 0.717) is 24.5 Å². The number of benzene rings is 2. The summed E-state index contributed by atoms with van der Waals surface area (Å²) in [6.07, 6.45) is 1.60. The average Bonchev–Trinajstić information content (AvgIpc) is 3.29. The molecule has 1 aliphatic heterocycles. The summed E-state index contributed by atoms with van der Waals surface area (Å²) in [6, 6.07) is 10.7. The lowest BCUT2D eigenvalue weighted by Gasteiger charge is -2.16. The van der Waals surface area contributed by atoms with Crippen molar-refractivity contribution in [2.75, 3.05) is 6.61 Å². The molecule has 26 heavy (non-hydrogen) atoms. The van der Waals surface area contributed by atoms with E-state index in [1.54, 1.807) is 13.0 Å². The number of hydrogen-bond donors (Lipinski definition) is 0. The van der Waals surface area contributed by atoms with Crippen molar-refractivity contribution >= 4 is 5.78 Å². The third-order valence-electron chi connectivity index (χ3n) is 5.26. The monoisotopic (exact) mass is 354 g/mol. The van der Waals surface area contributed by atoms with Gasteiger partial charge >= 0.3 is 0 Å². The van der Waals surface area contributed by atoms with Crippen LogP contribution in [0.1, 0.15) is 32.8 Å². The fraction of sp³-hybridized carbons (Fsp3) is 0.409. The minimum absolute atomic E-state index is 0.165. The van der Waals surface area contributed by atoms with E-state index < -0.39 is 0 Å². The van der Waals surface area contributed by atoms with Crippen molar-refractivity contribution in [1.29, 1.82) is 0 Å². The zero-order chi connectivity index (χ0) is 18.5. The fourth-order valence-electron chi connectivity index (χ4n) is 3.79. The number of ether oxygens (including phenoxy) is 2. The second kappa shape index (κ2) is 6.11. The third-order valence-corrected chi connectivity index (χ3v) is 5.26. The van der Waals surface area contributed by atoms with Crippen molar-refractivity contribution in [3.05, 3.63) is 47.8 Å². The van der Waals surface area contributed by atoms with Gasteiger partial charge in [-0.05, 0) is 57.0 Å². The highest BCUT2D eigenvalue weighted by Gasteiger charge is 2.41. The Morgan fingerprint density at radius 2 is 1.96 bits per heavy atom. The van der Waals surface area contributed by atoms with Crippen LogP contribution in [-0.2, 0) is 11.2 Å². The average molecular weight is 354 g/mol. The Morgan fingerprint density at radius 1 is 1.23 bits per heavy atom. The van der Waals surface area contributed by atoms with Crippen molar-refractivity contribution in [3.63, 3.8) is 0 Å². The molecule has 1 aliphatic carbocycles. The van der Waals surface area contributed by atoms with E-state index in [4.69, 9.17) is 9.47 Å². The van der Waals surface area contributed by atoms with Gasteiger partial charge in [-0.2, -0.15) is 0 Å². The summed E-state index contributed by atoms with van der Waals surface area (Å²) in [4.78, 5) is 11.3. The molecule has 0 amide bonds. The Morgan fingerprint density at radius 3 is 2.62 bits per heavy atom. The summed E-state index contributed by atoms with van der Waals surface area (Å²) in [5.74, 6) is 2.01. The van der Waals surface area contributed by atoms with E-state index in [9.17, 15) is 9.18 Å². The molecule has 0 radical (unpaired) electrons. The number of ketones is 1. The Balaban J connectivity index is 1.52. The highest BCUT2D eigenvalue weighted by Crippen LogP contribution is 2.43. The third kappa shape index (κ3) is 3.20. The maximum atomic E-state index is 14.5. The Hall–Kier alpha value is -2.36. The molecule has 0 bridgehead atoms. The lowest BCUT2D eigenvalue weighted by atomic mass is 9.93. The predicted octanol–water partition coefficient (Wildman–Crippen LogP) is 4.81. The van der Waals surface area contributed by atoms with Gasteiger partial charge in [0.05, 0.1) is 6.61 Å². The van der Waals surface area contributed by atoms with Crippen LogP contribution < -0.4 is 9.47 Å². The van der Waals surface area contributed by atoms with E-state index in [1.807, 2.05) is 38.1 Å². The van der Waals surface area contributed by atoms with Gasteiger partial charge in [0.25, 0.3) is 0 Å². The van der Waals surface area contributed by atoms with Crippen molar-refractivity contribution in [2.45, 2.75) is 39.2 Å². The number of rotatable bonds is 5. The van der Waals surface area contributed by atoms with Gasteiger partial charge in [0.1, 0.15) is 28.7 Å². The van der Waals surface area contributed by atoms with Crippen LogP contribution >= 0.6 is 0 Å². The van der Waals surface area contributed by atoms with Crippen LogP contribution in [0.25, 0.3) is 11.1 Å². The molecule has 1 saturated carbocycles. The summed E-state index contributed by atoms with van der Waals surface area (Å²) in [5.41, 5.74) is 2.04. The van der Waals surface area contributed by atoms with Crippen molar-refractivity contribution in [1.82, 2.24) is 0 Å². The molecule has 0 saturated heterocycles. The molecule has 2 aliphatic rings. The van der Waals surface area contributed by atoms with Gasteiger partial charge in [-0.3, -0.25) is 4.79 Å². The lowest BCUT2D eigenvalue weighted by molar-refractivity contribution is -0.118. The van der Waals surface area contributed by atoms with Crippen LogP contribution in [0.3, 0.4) is 0 Å². The number of hydrogen-bond acceptors (Lipinski definition) is 3. The predicted molar refractivity (Wildman–Crippen MR) is 98.0 cm³/mol. The highest BCUT2D eigenvalue weighted by molar-refractivity contribution is 5.81. The molecular weight excluding hydrogens is 331 g/mol. The SMILES string of the molecule is CC(=O)C1CC1COc1ccc(-c2c(F)ccc3c2CC(C)(C)O3)cc1. The molecule has 2 atom stereocenters. The molecule has 0 aromatic heterocycles. The van der Waals surface area contributed by atoms with Gasteiger partial charge in [0.15, 0.2) is 0 Å². The minimum Gasteiger partial charge on any atom is -0.493 e. The highest BCUT2D eigenvalue weighted by atomic mass is 19.1. The van der Waals surface area contributed by atoms with Gasteiger partial charge in [0, 0.05) is 29.4 Å². The van der Waals surface area contributed by atoms with Crippen LogP contribution in [0.5, 0.6) is 11.5 Å². The van der Waals surface area contributed by atoms with Crippen LogP contribution in [0.2, 0.25) is 0 Å². The maximum absolute atomic E-state index is 14.5. The summed E-state index contributed by atoms with van der Waals surface area (Å²) in [6.45, 7) is 6.22. The summed E-state index contributed by atoms with van der Waals surface area (Å²) >= 11 is 0. The molecule has 2 aromatic carbocycles. The molecule has 2 aromatic rings. The smallest absolute Gasteiger partial charge is 0.133 e. The van der Waals surface area contributed by atoms with Crippen LogP contribution in [0, 0.1) is 17.7 Å². The summed E-state index contributed by atoms with van der Waals surface area (Å²) in [5, 5.41) is 0. The van der Waals surface area contributed by atoms with Crippen LogP contribution in [0.4, 0.5) is 4.39 Å². The van der Waals surface area contributed by atoms with E-state index in [-0.39, 0.29) is 23.1 Å². The summed E-state index contributed by atoms with van der Waals surface area (Å²) in [7, 11) is 0. The second-order valence-corrected chi connectivity index (χ2v) is 7.99. The van der Waals surface area contributed by atoms with Gasteiger partial charge < -0.3 is 9.47 Å². The van der Waals surface area contributed by atoms with Crippen LogP contribution in [-0.4, -0.2) is 18.0 Å². The number of carbonyl (C=O) groups excluding carboxylic acids is 1. The molecule has 0 N–H and O–H groups in total. The number of carbonyl (C=O) groups is 1. The Labute approximate surface area is 153 Å². The zero-order valence-electron chi connectivity index (χ0n) is 15.3. The largest absolute Gasteiger partial charge is 0.493 e. The molecule has 0 spiro atoms. The van der Waals surface area contributed by atoms with E-state index in [0.717, 1.165) is 29.0 Å². The van der Waals surface area contributed by atoms with Crippen molar-refractivity contribution in [3.8, 4) is 22.6 Å². The molecule has 2 unspecified atom stereocenters. The van der Waals surface area contributed by atoms with Crippen molar-refractivity contribution < 1.29 is 18.7 Å². The molecule has 136 valence electrons. The first kappa shape index (κ1) is 17.1. The molecule has 1 heterocycles. The Bertz CT molecular complexity index is 854. The van der Waals surface area contributed by atoms with Gasteiger partial charge in [-0.25, -0.2) is 4.39 Å². The second-order valence-electron chi connectivity index (χ2n) is 7.99. The first-order chi connectivity index (χ1) is 12.3. The molecule has 4 heteroatoms. The fourth-order valence-corrected chi connectivity index (χ4v) is 3.79. The van der Waals surface area contributed by atoms with E-state index in [1.165, 1.54) is 6.07 Å². The molecule has 3 nitrogen and oxygen atoms in total. The van der Waals surface area contributed by atoms with Crippen molar-refractivity contribution in [2.24, 2.45) is 11.8 Å². The quantitative estimate of drug-likeness (QED) is 0.773. The molecule has 4 rings (SSSR count). The topological polar surface area (TPSA) is 35.5 Å². The van der Waals surface area contributed by atoms with Gasteiger partial charge in [-0.15, -0.1) is 0 Å². The van der Waals surface area contributed by atoms with Crippen LogP contribution in [0.15, 0.2) is 36.4 Å². The normalized spacial score (nSPS) is 22.5. The first-order valence-electron chi connectivity index (χ1n) is 9.08. The van der Waals surface area contributed by atoms with E-state index in [2.05, 4.69) is 0 Å². The standard InChI is InChI=1S/C22H23FO3/c1-13(24)17-10-15(17)12-25-16-6-4-14(5-7-16)21-18-11-22(2,3)26-20(18)9-8-19(21)23/h4-9,15,17H,10-12H2,1-3H3.